The first-order valence-electron chi connectivity index (χ1n) is 9.39. The van der Waals surface area contributed by atoms with Gasteiger partial charge in [-0.15, -0.1) is 0 Å². The maximum absolute atomic E-state index is 12.9. The summed E-state index contributed by atoms with van der Waals surface area (Å²) in [6.07, 6.45) is 2.94. The van der Waals surface area contributed by atoms with Crippen molar-refractivity contribution in [3.05, 3.63) is 59.9 Å². The lowest BCUT2D eigenvalue weighted by Gasteiger charge is -2.12. The number of nitrogens with one attached hydrogen (secondary N) is 3. The van der Waals surface area contributed by atoms with Gasteiger partial charge in [-0.25, -0.2) is 9.18 Å². The first-order valence-corrected chi connectivity index (χ1v) is 9.39. The Hall–Kier alpha value is -2.93. The lowest BCUT2D eigenvalue weighted by Crippen LogP contribution is -2.35. The molecule has 6 nitrogen and oxygen atoms in total. The van der Waals surface area contributed by atoms with Gasteiger partial charge in [0.25, 0.3) is 0 Å². The molecule has 0 saturated carbocycles. The van der Waals surface area contributed by atoms with Crippen molar-refractivity contribution in [1.29, 1.82) is 0 Å². The minimum absolute atomic E-state index is 0.0956. The highest BCUT2D eigenvalue weighted by Crippen LogP contribution is 2.15. The molecule has 1 atom stereocenters. The highest BCUT2D eigenvalue weighted by Gasteiger charge is 2.16. The smallest absolute Gasteiger partial charge is 0.319 e. The molecule has 28 heavy (non-hydrogen) atoms. The zero-order chi connectivity index (χ0) is 19.8. The van der Waals surface area contributed by atoms with Crippen molar-refractivity contribution in [2.75, 3.05) is 23.8 Å². The van der Waals surface area contributed by atoms with Crippen LogP contribution in [0.3, 0.4) is 0 Å². The zero-order valence-corrected chi connectivity index (χ0v) is 15.5. The minimum atomic E-state index is -0.289. The molecule has 2 aromatic carbocycles. The average molecular weight is 385 g/mol. The van der Waals surface area contributed by atoms with Crippen molar-refractivity contribution in [3.63, 3.8) is 0 Å². The van der Waals surface area contributed by atoms with Gasteiger partial charge in [0, 0.05) is 30.9 Å². The maximum atomic E-state index is 12.9. The second kappa shape index (κ2) is 9.85. The van der Waals surface area contributed by atoms with E-state index in [0.717, 1.165) is 25.0 Å². The molecular formula is C21H24FN3O3. The largest absolute Gasteiger partial charge is 0.376 e. The van der Waals surface area contributed by atoms with E-state index in [1.54, 1.807) is 36.4 Å². The summed E-state index contributed by atoms with van der Waals surface area (Å²) < 4.78 is 18.3. The van der Waals surface area contributed by atoms with E-state index in [0.29, 0.717) is 30.8 Å². The topological polar surface area (TPSA) is 79.5 Å². The predicted octanol–water partition coefficient (Wildman–Crippen LogP) is 3.70. The molecule has 0 spiro atoms. The Balaban J connectivity index is 1.39. The van der Waals surface area contributed by atoms with Gasteiger partial charge < -0.3 is 20.7 Å². The van der Waals surface area contributed by atoms with Crippen LogP contribution in [0.1, 0.15) is 24.8 Å². The summed E-state index contributed by atoms with van der Waals surface area (Å²) in [5.74, 6) is -0.415. The summed E-state index contributed by atoms with van der Waals surface area (Å²) in [4.78, 5) is 24.0. The lowest BCUT2D eigenvalue weighted by molar-refractivity contribution is -0.116. The Bertz CT molecular complexity index is 788. The molecule has 1 aliphatic heterocycles. The van der Waals surface area contributed by atoms with Crippen molar-refractivity contribution in [2.45, 2.75) is 31.8 Å². The Morgan fingerprint density at radius 2 is 1.68 bits per heavy atom. The van der Waals surface area contributed by atoms with Gasteiger partial charge in [-0.1, -0.05) is 12.1 Å². The molecule has 0 aliphatic carbocycles. The number of benzene rings is 2. The molecule has 0 aromatic heterocycles. The van der Waals surface area contributed by atoms with Crippen LogP contribution in [-0.2, 0) is 16.0 Å². The Kier molecular flexibility index (Phi) is 6.97. The van der Waals surface area contributed by atoms with Crippen molar-refractivity contribution in [3.8, 4) is 0 Å². The maximum Gasteiger partial charge on any atom is 0.319 e. The fourth-order valence-electron chi connectivity index (χ4n) is 2.96. The second-order valence-corrected chi connectivity index (χ2v) is 6.72. The first kappa shape index (κ1) is 19.8. The van der Waals surface area contributed by atoms with Crippen molar-refractivity contribution >= 4 is 23.3 Å². The van der Waals surface area contributed by atoms with Gasteiger partial charge in [0.05, 0.1) is 6.10 Å². The fourth-order valence-corrected chi connectivity index (χ4v) is 2.96. The van der Waals surface area contributed by atoms with Crippen LogP contribution in [0.5, 0.6) is 0 Å². The predicted molar refractivity (Wildman–Crippen MR) is 106 cm³/mol. The molecule has 3 rings (SSSR count). The van der Waals surface area contributed by atoms with Crippen LogP contribution < -0.4 is 16.0 Å². The molecule has 1 fully saturated rings. The number of carbonyl (C=O) groups is 2. The summed E-state index contributed by atoms with van der Waals surface area (Å²) in [5, 5.41) is 8.34. The number of carbonyl (C=O) groups excluding carboxylic acids is 2. The van der Waals surface area contributed by atoms with Crippen LogP contribution in [-0.4, -0.2) is 31.2 Å². The summed E-state index contributed by atoms with van der Waals surface area (Å²) in [7, 11) is 0. The van der Waals surface area contributed by atoms with Gasteiger partial charge in [0.1, 0.15) is 5.82 Å². The van der Waals surface area contributed by atoms with Gasteiger partial charge in [0.15, 0.2) is 0 Å². The molecule has 1 aliphatic rings. The van der Waals surface area contributed by atoms with Gasteiger partial charge in [0.2, 0.25) is 5.91 Å². The van der Waals surface area contributed by atoms with Gasteiger partial charge in [-0.3, -0.25) is 4.79 Å². The molecule has 1 saturated heterocycles. The Morgan fingerprint density at radius 1 is 1.00 bits per heavy atom. The van der Waals surface area contributed by atoms with E-state index >= 15 is 0 Å². The molecular weight excluding hydrogens is 361 g/mol. The highest BCUT2D eigenvalue weighted by molar-refractivity contribution is 5.92. The number of anilines is 2. The molecule has 0 radical (unpaired) electrons. The van der Waals surface area contributed by atoms with E-state index in [-0.39, 0.29) is 23.9 Å². The highest BCUT2D eigenvalue weighted by atomic mass is 19.1. The van der Waals surface area contributed by atoms with Crippen LogP contribution >= 0.6 is 0 Å². The number of hydrogen-bond acceptors (Lipinski definition) is 3. The average Bonchev–Trinajstić information content (AvgIpc) is 3.21. The number of hydrogen-bond donors (Lipinski definition) is 3. The van der Waals surface area contributed by atoms with E-state index in [9.17, 15) is 14.0 Å². The molecule has 2 aromatic rings. The number of amides is 3. The molecule has 3 N–H and O–H groups in total. The zero-order valence-electron chi connectivity index (χ0n) is 15.5. The monoisotopic (exact) mass is 385 g/mol. The van der Waals surface area contributed by atoms with Crippen LogP contribution in [0.4, 0.5) is 20.6 Å². The molecule has 1 unspecified atom stereocenters. The van der Waals surface area contributed by atoms with E-state index in [1.165, 1.54) is 12.1 Å². The van der Waals surface area contributed by atoms with Gasteiger partial charge in [-0.2, -0.15) is 0 Å². The van der Waals surface area contributed by atoms with Crippen LogP contribution in [0.2, 0.25) is 0 Å². The van der Waals surface area contributed by atoms with Crippen LogP contribution in [0.15, 0.2) is 48.5 Å². The summed E-state index contributed by atoms with van der Waals surface area (Å²) in [6.45, 7) is 1.25. The molecule has 7 heteroatoms. The van der Waals surface area contributed by atoms with E-state index in [1.807, 2.05) is 0 Å². The summed E-state index contributed by atoms with van der Waals surface area (Å²) in [6, 6.07) is 12.7. The quantitative estimate of drug-likeness (QED) is 0.680. The summed E-state index contributed by atoms with van der Waals surface area (Å²) in [5.41, 5.74) is 2.19. The van der Waals surface area contributed by atoms with Crippen LogP contribution in [0.25, 0.3) is 0 Å². The Morgan fingerprint density at radius 3 is 2.32 bits per heavy atom. The van der Waals surface area contributed by atoms with E-state index in [4.69, 9.17) is 4.74 Å². The third-order valence-corrected chi connectivity index (χ3v) is 4.49. The molecule has 1 heterocycles. The number of aryl methyl sites for hydroxylation is 1. The second-order valence-electron chi connectivity index (χ2n) is 6.72. The van der Waals surface area contributed by atoms with Crippen molar-refractivity contribution in [1.82, 2.24) is 5.32 Å². The number of halogens is 1. The standard InChI is InChI=1S/C21H24FN3O3/c22-16-6-3-15(4-7-16)5-12-20(26)24-17-8-10-18(11-9-17)25-21(27)23-14-19-2-1-13-28-19/h3-4,6-11,19H,1-2,5,12-14H2,(H,24,26)(H2,23,25,27). The van der Waals surface area contributed by atoms with E-state index in [2.05, 4.69) is 16.0 Å². The fraction of sp³-hybridized carbons (Fsp3) is 0.333. The summed E-state index contributed by atoms with van der Waals surface area (Å²) >= 11 is 0. The number of urea groups is 1. The third kappa shape index (κ3) is 6.35. The Labute approximate surface area is 163 Å². The molecule has 148 valence electrons. The van der Waals surface area contributed by atoms with Crippen LogP contribution in [0, 0.1) is 5.82 Å². The number of rotatable bonds is 7. The molecule has 3 amide bonds. The normalized spacial score (nSPS) is 15.8. The number of ether oxygens (including phenoxy) is 1. The lowest BCUT2D eigenvalue weighted by atomic mass is 10.1. The third-order valence-electron chi connectivity index (χ3n) is 4.49. The van der Waals surface area contributed by atoms with E-state index < -0.39 is 0 Å². The first-order chi connectivity index (χ1) is 13.6. The van der Waals surface area contributed by atoms with Crippen molar-refractivity contribution < 1.29 is 18.7 Å². The SMILES string of the molecule is O=C(CCc1ccc(F)cc1)Nc1ccc(NC(=O)NCC2CCCO2)cc1. The minimum Gasteiger partial charge on any atom is -0.376 e. The molecule has 0 bridgehead atoms. The van der Waals surface area contributed by atoms with Gasteiger partial charge in [-0.05, 0) is 61.2 Å². The van der Waals surface area contributed by atoms with Crippen molar-refractivity contribution in [2.24, 2.45) is 0 Å². The van der Waals surface area contributed by atoms with Gasteiger partial charge >= 0.3 is 6.03 Å².